The first-order valence-corrected chi connectivity index (χ1v) is 6.66. The molecule has 1 aromatic heterocycles. The predicted octanol–water partition coefficient (Wildman–Crippen LogP) is 2.33. The summed E-state index contributed by atoms with van der Waals surface area (Å²) >= 11 is 0. The highest BCUT2D eigenvalue weighted by Crippen LogP contribution is 2.36. The smallest absolute Gasteiger partial charge is 0.0948 e. The lowest BCUT2D eigenvalue weighted by atomic mass is 9.77. The number of aromatic nitrogens is 2. The zero-order valence-corrected chi connectivity index (χ0v) is 10.8. The van der Waals surface area contributed by atoms with Crippen molar-refractivity contribution in [1.82, 2.24) is 14.9 Å². The molecule has 1 aliphatic rings. The van der Waals surface area contributed by atoms with Gasteiger partial charge in [0.05, 0.1) is 12.0 Å². The van der Waals surface area contributed by atoms with Crippen molar-refractivity contribution in [2.45, 2.75) is 32.4 Å². The van der Waals surface area contributed by atoms with E-state index in [2.05, 4.69) is 46.1 Å². The van der Waals surface area contributed by atoms with E-state index in [0.29, 0.717) is 5.92 Å². The van der Waals surface area contributed by atoms with Crippen LogP contribution in [-0.2, 0) is 19.5 Å². The maximum Gasteiger partial charge on any atom is 0.0948 e. The van der Waals surface area contributed by atoms with Gasteiger partial charge in [0.25, 0.3) is 0 Å². The van der Waals surface area contributed by atoms with Crippen LogP contribution in [-0.4, -0.2) is 16.1 Å². The number of hydrogen-bond acceptors (Lipinski definition) is 2. The van der Waals surface area contributed by atoms with Gasteiger partial charge < -0.3 is 9.88 Å². The summed E-state index contributed by atoms with van der Waals surface area (Å²) in [4.78, 5) is 4.27. The Hall–Kier alpha value is -1.61. The van der Waals surface area contributed by atoms with Gasteiger partial charge >= 0.3 is 0 Å². The average Bonchev–Trinajstić information content (AvgIpc) is 2.81. The molecule has 1 aromatic carbocycles. The summed E-state index contributed by atoms with van der Waals surface area (Å²) in [7, 11) is 0. The van der Waals surface area contributed by atoms with Crippen LogP contribution in [0.3, 0.4) is 0 Å². The number of fused-ring (bicyclic) bond motifs is 1. The number of benzene rings is 1. The largest absolute Gasteiger partial charge is 0.333 e. The highest BCUT2D eigenvalue weighted by Gasteiger charge is 2.25. The first-order valence-electron chi connectivity index (χ1n) is 6.66. The molecule has 1 heterocycles. The Balaban J connectivity index is 1.70. The molecule has 1 atom stereocenters. The Morgan fingerprint density at radius 3 is 3.11 bits per heavy atom. The summed E-state index contributed by atoms with van der Waals surface area (Å²) < 4.78 is 2.28. The second-order valence-electron chi connectivity index (χ2n) is 4.92. The van der Waals surface area contributed by atoms with Crippen LogP contribution in [0.2, 0.25) is 0 Å². The van der Waals surface area contributed by atoms with Crippen LogP contribution in [0.5, 0.6) is 0 Å². The maximum atomic E-state index is 4.27. The van der Waals surface area contributed by atoms with E-state index in [0.717, 1.165) is 19.6 Å². The molecule has 0 saturated heterocycles. The monoisotopic (exact) mass is 241 g/mol. The molecule has 0 fully saturated rings. The summed E-state index contributed by atoms with van der Waals surface area (Å²) in [5, 5.41) is 3.36. The number of nitrogens with one attached hydrogen (secondary N) is 1. The minimum atomic E-state index is 0.663. The van der Waals surface area contributed by atoms with Crippen molar-refractivity contribution in [2.75, 3.05) is 6.54 Å². The third kappa shape index (κ3) is 2.06. The van der Waals surface area contributed by atoms with Crippen LogP contribution < -0.4 is 5.32 Å². The standard InChI is InChI=1S/C15H19N3/c1-2-16-8-14-9-17-11-18(14)10-13-7-12-5-3-4-6-15(12)13/h3-6,9,11,13,16H,2,7-8,10H2,1H3. The molecule has 0 bridgehead atoms. The van der Waals surface area contributed by atoms with Crippen LogP contribution in [0, 0.1) is 0 Å². The quantitative estimate of drug-likeness (QED) is 0.870. The first kappa shape index (κ1) is 11.5. The molecule has 3 rings (SSSR count). The predicted molar refractivity (Wildman–Crippen MR) is 72.5 cm³/mol. The Labute approximate surface area is 108 Å². The Bertz CT molecular complexity index is 530. The summed E-state index contributed by atoms with van der Waals surface area (Å²) in [6.07, 6.45) is 5.12. The van der Waals surface area contributed by atoms with E-state index < -0.39 is 0 Å². The van der Waals surface area contributed by atoms with Crippen molar-refractivity contribution < 1.29 is 0 Å². The number of imidazole rings is 1. The van der Waals surface area contributed by atoms with Crippen LogP contribution in [0.15, 0.2) is 36.8 Å². The molecule has 0 radical (unpaired) electrons. The molecule has 2 aromatic rings. The zero-order chi connectivity index (χ0) is 12.4. The van der Waals surface area contributed by atoms with E-state index in [9.17, 15) is 0 Å². The Morgan fingerprint density at radius 1 is 1.39 bits per heavy atom. The molecule has 0 saturated carbocycles. The van der Waals surface area contributed by atoms with E-state index in [1.165, 1.54) is 23.2 Å². The van der Waals surface area contributed by atoms with E-state index in [-0.39, 0.29) is 0 Å². The van der Waals surface area contributed by atoms with Crippen molar-refractivity contribution in [1.29, 1.82) is 0 Å². The molecular formula is C15H19N3. The second kappa shape index (κ2) is 4.94. The van der Waals surface area contributed by atoms with Crippen LogP contribution in [0.25, 0.3) is 0 Å². The second-order valence-corrected chi connectivity index (χ2v) is 4.92. The lowest BCUT2D eigenvalue weighted by molar-refractivity contribution is 0.492. The Kier molecular flexibility index (Phi) is 3.15. The average molecular weight is 241 g/mol. The highest BCUT2D eigenvalue weighted by molar-refractivity contribution is 5.39. The number of rotatable bonds is 5. The van der Waals surface area contributed by atoms with Gasteiger partial charge in [-0.3, -0.25) is 0 Å². The molecule has 1 N–H and O–H groups in total. The molecule has 3 heteroatoms. The summed E-state index contributed by atoms with van der Waals surface area (Å²) in [6, 6.07) is 8.75. The van der Waals surface area contributed by atoms with Crippen molar-refractivity contribution in [3.63, 3.8) is 0 Å². The van der Waals surface area contributed by atoms with Gasteiger partial charge in [-0.2, -0.15) is 0 Å². The molecule has 1 unspecified atom stereocenters. The van der Waals surface area contributed by atoms with Crippen molar-refractivity contribution >= 4 is 0 Å². The fourth-order valence-electron chi connectivity index (χ4n) is 2.68. The summed E-state index contributed by atoms with van der Waals surface area (Å²) in [6.45, 7) is 5.09. The van der Waals surface area contributed by atoms with E-state index in [1.807, 2.05) is 12.5 Å². The van der Waals surface area contributed by atoms with Crippen LogP contribution >= 0.6 is 0 Å². The summed E-state index contributed by atoms with van der Waals surface area (Å²) in [5.41, 5.74) is 4.30. The fraction of sp³-hybridized carbons (Fsp3) is 0.400. The van der Waals surface area contributed by atoms with Gasteiger partial charge in [-0.05, 0) is 24.1 Å². The third-order valence-corrected chi connectivity index (χ3v) is 3.73. The lowest BCUT2D eigenvalue weighted by Crippen LogP contribution is -2.23. The van der Waals surface area contributed by atoms with E-state index >= 15 is 0 Å². The van der Waals surface area contributed by atoms with Crippen LogP contribution in [0.4, 0.5) is 0 Å². The first-order chi connectivity index (χ1) is 8.88. The highest BCUT2D eigenvalue weighted by atomic mass is 15.1. The topological polar surface area (TPSA) is 29.9 Å². The van der Waals surface area contributed by atoms with Gasteiger partial charge in [-0.1, -0.05) is 31.2 Å². The lowest BCUT2D eigenvalue weighted by Gasteiger charge is -2.30. The molecular weight excluding hydrogens is 222 g/mol. The molecule has 0 amide bonds. The molecule has 0 spiro atoms. The zero-order valence-electron chi connectivity index (χ0n) is 10.8. The molecule has 3 nitrogen and oxygen atoms in total. The normalized spacial score (nSPS) is 17.3. The van der Waals surface area contributed by atoms with Crippen LogP contribution in [0.1, 0.15) is 29.7 Å². The molecule has 18 heavy (non-hydrogen) atoms. The van der Waals surface area contributed by atoms with E-state index in [1.54, 1.807) is 0 Å². The van der Waals surface area contributed by atoms with Crippen molar-refractivity contribution in [3.8, 4) is 0 Å². The minimum absolute atomic E-state index is 0.663. The van der Waals surface area contributed by atoms with Crippen molar-refractivity contribution in [3.05, 3.63) is 53.6 Å². The molecule has 94 valence electrons. The van der Waals surface area contributed by atoms with Gasteiger partial charge in [-0.25, -0.2) is 4.98 Å². The fourth-order valence-corrected chi connectivity index (χ4v) is 2.68. The van der Waals surface area contributed by atoms with Gasteiger partial charge in [-0.15, -0.1) is 0 Å². The van der Waals surface area contributed by atoms with E-state index in [4.69, 9.17) is 0 Å². The van der Waals surface area contributed by atoms with Crippen molar-refractivity contribution in [2.24, 2.45) is 0 Å². The number of nitrogens with zero attached hydrogens (tertiary/aromatic N) is 2. The third-order valence-electron chi connectivity index (χ3n) is 3.73. The Morgan fingerprint density at radius 2 is 2.28 bits per heavy atom. The molecule has 0 aliphatic heterocycles. The molecule has 1 aliphatic carbocycles. The minimum Gasteiger partial charge on any atom is -0.333 e. The van der Waals surface area contributed by atoms with Gasteiger partial charge in [0.2, 0.25) is 0 Å². The maximum absolute atomic E-state index is 4.27. The van der Waals surface area contributed by atoms with Gasteiger partial charge in [0.1, 0.15) is 0 Å². The summed E-state index contributed by atoms with van der Waals surface area (Å²) in [5.74, 6) is 0.663. The number of hydrogen-bond donors (Lipinski definition) is 1. The van der Waals surface area contributed by atoms with Gasteiger partial charge in [0, 0.05) is 25.2 Å². The van der Waals surface area contributed by atoms with Gasteiger partial charge in [0.15, 0.2) is 0 Å². The SMILES string of the molecule is CCNCc1cncn1CC1Cc2ccccc21.